The molecule has 2 unspecified atom stereocenters. The fourth-order valence-corrected chi connectivity index (χ4v) is 0.878. The maximum absolute atomic E-state index is 8.16. The molecule has 1 aliphatic carbocycles. The van der Waals surface area contributed by atoms with Gasteiger partial charge in [0.25, 0.3) is 0 Å². The Labute approximate surface area is 60.1 Å². The van der Waals surface area contributed by atoms with Gasteiger partial charge in [-0.15, -0.1) is 0 Å². The zero-order valence-electron chi connectivity index (χ0n) is 6.04. The molecule has 0 amide bonds. The summed E-state index contributed by atoms with van der Waals surface area (Å²) in [4.78, 5) is 0. The second-order valence-corrected chi connectivity index (χ2v) is 2.79. The van der Waals surface area contributed by atoms with E-state index in [0.29, 0.717) is 12.6 Å². The van der Waals surface area contributed by atoms with Crippen molar-refractivity contribution >= 4 is 5.84 Å². The summed E-state index contributed by atoms with van der Waals surface area (Å²) in [6.07, 6.45) is 1.21. The molecule has 1 aliphatic rings. The Morgan fingerprint density at radius 1 is 1.90 bits per heavy atom. The number of amidine groups is 1. The van der Waals surface area contributed by atoms with Crippen molar-refractivity contribution in [3.8, 4) is 0 Å². The van der Waals surface area contributed by atoms with Gasteiger partial charge in [0.2, 0.25) is 0 Å². The van der Waals surface area contributed by atoms with Crippen LogP contribution in [0.2, 0.25) is 0 Å². The van der Waals surface area contributed by atoms with Gasteiger partial charge in [-0.3, -0.25) is 0 Å². The second-order valence-electron chi connectivity index (χ2n) is 2.79. The number of nitrogens with one attached hydrogen (secondary N) is 1. The van der Waals surface area contributed by atoms with E-state index in [9.17, 15) is 0 Å². The number of nitrogens with two attached hydrogens (primary N) is 1. The molecule has 0 saturated heterocycles. The largest absolute Gasteiger partial charge is 0.409 e. The molecule has 0 radical (unpaired) electrons. The number of oxime groups is 1. The fraction of sp³-hybridized carbons (Fsp3) is 0.833. The first-order valence-corrected chi connectivity index (χ1v) is 3.44. The van der Waals surface area contributed by atoms with Crippen molar-refractivity contribution in [2.45, 2.75) is 19.4 Å². The van der Waals surface area contributed by atoms with Crippen LogP contribution in [0.5, 0.6) is 0 Å². The summed E-state index contributed by atoms with van der Waals surface area (Å²) in [5, 5.41) is 14.1. The maximum atomic E-state index is 8.16. The molecule has 0 aromatic carbocycles. The van der Waals surface area contributed by atoms with Crippen molar-refractivity contribution in [1.29, 1.82) is 0 Å². The summed E-state index contributed by atoms with van der Waals surface area (Å²) in [6.45, 7) is 2.66. The Kier molecular flexibility index (Phi) is 2.11. The third-order valence-corrected chi connectivity index (χ3v) is 1.78. The zero-order chi connectivity index (χ0) is 7.56. The standard InChI is InChI=1S/C6H13N3O/c1-4-2-5(4)8-3-6(7)9-10/h4-5,8,10H,2-3H2,1H3,(H2,7,9). The first kappa shape index (κ1) is 7.34. The predicted molar refractivity (Wildman–Crippen MR) is 39.0 cm³/mol. The van der Waals surface area contributed by atoms with Crippen molar-refractivity contribution in [1.82, 2.24) is 5.32 Å². The molecule has 0 aromatic rings. The smallest absolute Gasteiger partial charge is 0.153 e. The summed E-state index contributed by atoms with van der Waals surface area (Å²) in [7, 11) is 0. The Morgan fingerprint density at radius 2 is 2.50 bits per heavy atom. The summed E-state index contributed by atoms with van der Waals surface area (Å²) < 4.78 is 0. The summed E-state index contributed by atoms with van der Waals surface area (Å²) in [5.41, 5.74) is 5.23. The molecular weight excluding hydrogens is 130 g/mol. The topological polar surface area (TPSA) is 70.6 Å². The second kappa shape index (κ2) is 2.88. The van der Waals surface area contributed by atoms with Crippen molar-refractivity contribution in [3.63, 3.8) is 0 Å². The number of nitrogens with zero attached hydrogens (tertiary/aromatic N) is 1. The van der Waals surface area contributed by atoms with Crippen LogP contribution in [0.3, 0.4) is 0 Å². The molecule has 1 fully saturated rings. The molecule has 58 valence electrons. The van der Waals surface area contributed by atoms with Crippen LogP contribution in [0.15, 0.2) is 5.16 Å². The summed E-state index contributed by atoms with van der Waals surface area (Å²) in [6, 6.07) is 0.584. The van der Waals surface area contributed by atoms with E-state index in [4.69, 9.17) is 10.9 Å². The van der Waals surface area contributed by atoms with Crippen LogP contribution in [-0.2, 0) is 0 Å². The average molecular weight is 143 g/mol. The van der Waals surface area contributed by atoms with E-state index in [-0.39, 0.29) is 5.84 Å². The Morgan fingerprint density at radius 3 is 2.90 bits per heavy atom. The van der Waals surface area contributed by atoms with E-state index >= 15 is 0 Å². The van der Waals surface area contributed by atoms with Gasteiger partial charge < -0.3 is 16.3 Å². The van der Waals surface area contributed by atoms with Gasteiger partial charge in [0.05, 0.1) is 6.54 Å². The molecule has 0 spiro atoms. The van der Waals surface area contributed by atoms with Gasteiger partial charge in [0, 0.05) is 6.04 Å². The molecule has 0 heterocycles. The fourth-order valence-electron chi connectivity index (χ4n) is 0.878. The molecule has 2 atom stereocenters. The number of rotatable bonds is 3. The third-order valence-electron chi connectivity index (χ3n) is 1.78. The first-order chi connectivity index (χ1) is 4.74. The van der Waals surface area contributed by atoms with Gasteiger partial charge >= 0.3 is 0 Å². The van der Waals surface area contributed by atoms with Crippen molar-refractivity contribution < 1.29 is 5.21 Å². The third kappa shape index (κ3) is 1.88. The highest BCUT2D eigenvalue weighted by molar-refractivity contribution is 5.81. The normalized spacial score (nSPS) is 32.3. The van der Waals surface area contributed by atoms with E-state index in [1.807, 2.05) is 0 Å². The summed E-state index contributed by atoms with van der Waals surface area (Å²) in [5.74, 6) is 1.01. The van der Waals surface area contributed by atoms with Gasteiger partial charge in [0.1, 0.15) is 0 Å². The molecular formula is C6H13N3O. The Hall–Kier alpha value is -0.770. The lowest BCUT2D eigenvalue weighted by atomic mass is 10.4. The summed E-state index contributed by atoms with van der Waals surface area (Å²) >= 11 is 0. The molecule has 4 nitrogen and oxygen atoms in total. The van der Waals surface area contributed by atoms with Crippen LogP contribution in [-0.4, -0.2) is 23.6 Å². The van der Waals surface area contributed by atoms with Crippen LogP contribution in [0.25, 0.3) is 0 Å². The highest BCUT2D eigenvalue weighted by atomic mass is 16.4. The monoisotopic (exact) mass is 143 g/mol. The molecule has 4 heteroatoms. The van der Waals surface area contributed by atoms with Crippen LogP contribution in [0.1, 0.15) is 13.3 Å². The van der Waals surface area contributed by atoms with E-state index in [2.05, 4.69) is 17.4 Å². The quantitative estimate of drug-likeness (QED) is 0.220. The van der Waals surface area contributed by atoms with Crippen molar-refractivity contribution in [3.05, 3.63) is 0 Å². The Balaban J connectivity index is 2.06. The van der Waals surface area contributed by atoms with Crippen LogP contribution >= 0.6 is 0 Å². The van der Waals surface area contributed by atoms with Crippen LogP contribution in [0, 0.1) is 5.92 Å². The number of hydrogen-bond donors (Lipinski definition) is 3. The van der Waals surface area contributed by atoms with Crippen LogP contribution < -0.4 is 11.1 Å². The SMILES string of the molecule is CC1CC1NCC(N)=NO. The highest BCUT2D eigenvalue weighted by Gasteiger charge is 2.31. The van der Waals surface area contributed by atoms with Crippen molar-refractivity contribution in [2.24, 2.45) is 16.8 Å². The van der Waals surface area contributed by atoms with Crippen molar-refractivity contribution in [2.75, 3.05) is 6.54 Å². The molecule has 1 saturated carbocycles. The molecule has 1 rings (SSSR count). The minimum absolute atomic E-state index is 0.249. The Bertz CT molecular complexity index is 146. The van der Waals surface area contributed by atoms with Gasteiger partial charge in [-0.1, -0.05) is 12.1 Å². The molecule has 10 heavy (non-hydrogen) atoms. The predicted octanol–water partition coefficient (Wildman–Crippen LogP) is -0.269. The molecule has 0 aromatic heterocycles. The van der Waals surface area contributed by atoms with Gasteiger partial charge in [-0.2, -0.15) is 0 Å². The average Bonchev–Trinajstić information content (AvgIpc) is 2.61. The minimum atomic E-state index is 0.249. The molecule has 0 bridgehead atoms. The van der Waals surface area contributed by atoms with Gasteiger partial charge in [-0.05, 0) is 12.3 Å². The van der Waals surface area contributed by atoms with Crippen LogP contribution in [0.4, 0.5) is 0 Å². The van der Waals surface area contributed by atoms with Gasteiger partial charge in [-0.25, -0.2) is 0 Å². The number of hydrogen-bond acceptors (Lipinski definition) is 3. The lowest BCUT2D eigenvalue weighted by molar-refractivity contribution is 0.317. The van der Waals surface area contributed by atoms with E-state index in [0.717, 1.165) is 5.92 Å². The van der Waals surface area contributed by atoms with Gasteiger partial charge in [0.15, 0.2) is 5.84 Å². The lowest BCUT2D eigenvalue weighted by Crippen LogP contribution is -2.30. The van der Waals surface area contributed by atoms with E-state index in [1.54, 1.807) is 0 Å². The zero-order valence-corrected chi connectivity index (χ0v) is 6.04. The first-order valence-electron chi connectivity index (χ1n) is 3.44. The minimum Gasteiger partial charge on any atom is -0.409 e. The van der Waals surface area contributed by atoms with E-state index in [1.165, 1.54) is 6.42 Å². The lowest BCUT2D eigenvalue weighted by Gasteiger charge is -1.99. The molecule has 0 aliphatic heterocycles. The highest BCUT2D eigenvalue weighted by Crippen LogP contribution is 2.28. The maximum Gasteiger partial charge on any atom is 0.153 e. The molecule has 4 N–H and O–H groups in total. The van der Waals surface area contributed by atoms with E-state index < -0.39 is 0 Å².